The molecule has 1 unspecified atom stereocenters. The number of nitrogens with one attached hydrogen (secondary N) is 2. The Hall–Kier alpha value is -2.49. The van der Waals surface area contributed by atoms with E-state index in [2.05, 4.69) is 26.3 Å². The maximum absolute atomic E-state index is 12.5. The second-order valence-corrected chi connectivity index (χ2v) is 5.32. The lowest BCUT2D eigenvalue weighted by atomic mass is 10.2. The van der Waals surface area contributed by atoms with Crippen LogP contribution in [0.3, 0.4) is 0 Å². The minimum atomic E-state index is -2.83. The van der Waals surface area contributed by atoms with E-state index in [1.807, 2.05) is 17.9 Å². The van der Waals surface area contributed by atoms with Crippen molar-refractivity contribution < 1.29 is 13.5 Å². The first-order chi connectivity index (χ1) is 11.6. The molecular formula is C17H22F2N4O. The Bertz CT molecular complexity index is 600. The molecule has 1 fully saturated rings. The van der Waals surface area contributed by atoms with E-state index in [4.69, 9.17) is 6.42 Å². The Morgan fingerprint density at radius 1 is 1.50 bits per heavy atom. The van der Waals surface area contributed by atoms with Gasteiger partial charge in [-0.15, -0.1) is 6.42 Å². The molecule has 1 aliphatic heterocycles. The van der Waals surface area contributed by atoms with Gasteiger partial charge in [-0.3, -0.25) is 0 Å². The van der Waals surface area contributed by atoms with Crippen molar-refractivity contribution >= 4 is 11.6 Å². The summed E-state index contributed by atoms with van der Waals surface area (Å²) in [5.74, 6) is 3.34. The molecule has 2 N–H and O–H groups in total. The third-order valence-corrected chi connectivity index (χ3v) is 3.62. The van der Waals surface area contributed by atoms with Crippen LogP contribution in [-0.4, -0.2) is 44.8 Å². The van der Waals surface area contributed by atoms with E-state index in [9.17, 15) is 8.78 Å². The average molecular weight is 336 g/mol. The quantitative estimate of drug-likeness (QED) is 0.474. The Morgan fingerprint density at radius 3 is 3.00 bits per heavy atom. The second-order valence-electron chi connectivity index (χ2n) is 5.32. The van der Waals surface area contributed by atoms with Crippen LogP contribution in [0.1, 0.15) is 13.3 Å². The number of aliphatic imine (C=N–C) groups is 1. The standard InChI is InChI=1S/C17H22F2N4O/c1-3-10-21-17(20-4-2)22-13-9-11-23(12-13)14-7-5-6-8-15(14)24-16(18)19/h1,5-8,13,16H,4,9-12H2,2H3,(H2,20,21,22). The maximum atomic E-state index is 12.5. The number of hydrogen-bond donors (Lipinski definition) is 2. The summed E-state index contributed by atoms with van der Waals surface area (Å²) < 4.78 is 29.7. The number of ether oxygens (including phenoxy) is 1. The van der Waals surface area contributed by atoms with Gasteiger partial charge in [-0.25, -0.2) is 4.99 Å². The molecule has 0 aliphatic carbocycles. The molecule has 0 radical (unpaired) electrons. The first kappa shape index (κ1) is 17.9. The number of anilines is 1. The van der Waals surface area contributed by atoms with Crippen molar-refractivity contribution in [3.63, 3.8) is 0 Å². The first-order valence-electron chi connectivity index (χ1n) is 7.91. The summed E-state index contributed by atoms with van der Waals surface area (Å²) in [6, 6.07) is 6.99. The molecule has 1 aromatic rings. The predicted octanol–water partition coefficient (Wildman–Crippen LogP) is 2.05. The monoisotopic (exact) mass is 336 g/mol. The highest BCUT2D eigenvalue weighted by atomic mass is 19.3. The molecule has 0 saturated carbocycles. The molecule has 0 amide bonds. The zero-order valence-corrected chi connectivity index (χ0v) is 13.6. The van der Waals surface area contributed by atoms with Crippen LogP contribution in [0.5, 0.6) is 5.75 Å². The van der Waals surface area contributed by atoms with Gasteiger partial charge in [0.2, 0.25) is 0 Å². The van der Waals surface area contributed by atoms with Gasteiger partial charge < -0.3 is 20.3 Å². The summed E-state index contributed by atoms with van der Waals surface area (Å²) in [6.07, 6.45) is 6.10. The number of guanidine groups is 1. The second kappa shape index (κ2) is 8.96. The van der Waals surface area contributed by atoms with Gasteiger partial charge in [0.1, 0.15) is 12.3 Å². The molecule has 0 aromatic heterocycles. The number of terminal acetylenes is 1. The van der Waals surface area contributed by atoms with Crippen LogP contribution in [0.25, 0.3) is 0 Å². The third kappa shape index (κ3) is 5.01. The molecule has 24 heavy (non-hydrogen) atoms. The summed E-state index contributed by atoms with van der Waals surface area (Å²) in [5, 5.41) is 6.46. The molecule has 1 heterocycles. The van der Waals surface area contributed by atoms with E-state index in [-0.39, 0.29) is 11.8 Å². The molecule has 0 spiro atoms. The van der Waals surface area contributed by atoms with Crippen LogP contribution < -0.4 is 20.3 Å². The Balaban J connectivity index is 2.01. The van der Waals surface area contributed by atoms with Crippen molar-refractivity contribution in [2.24, 2.45) is 4.99 Å². The number of benzene rings is 1. The van der Waals surface area contributed by atoms with E-state index >= 15 is 0 Å². The number of halogens is 2. The zero-order valence-electron chi connectivity index (χ0n) is 13.6. The normalized spacial score (nSPS) is 17.7. The molecule has 2 rings (SSSR count). The Labute approximate surface area is 141 Å². The van der Waals surface area contributed by atoms with Crippen LogP contribution in [0.15, 0.2) is 29.3 Å². The number of rotatable bonds is 6. The summed E-state index contributed by atoms with van der Waals surface area (Å²) >= 11 is 0. The number of nitrogens with zero attached hydrogens (tertiary/aromatic N) is 2. The lowest BCUT2D eigenvalue weighted by Crippen LogP contribution is -2.44. The van der Waals surface area contributed by atoms with E-state index in [0.717, 1.165) is 19.5 Å². The smallest absolute Gasteiger partial charge is 0.387 e. The van der Waals surface area contributed by atoms with Crippen molar-refractivity contribution in [3.8, 4) is 18.1 Å². The minimum absolute atomic E-state index is 0.153. The molecule has 1 saturated heterocycles. The predicted molar refractivity (Wildman–Crippen MR) is 91.6 cm³/mol. The van der Waals surface area contributed by atoms with Crippen LogP contribution >= 0.6 is 0 Å². The largest absolute Gasteiger partial charge is 0.433 e. The molecule has 7 heteroatoms. The lowest BCUT2D eigenvalue weighted by Gasteiger charge is -2.22. The summed E-state index contributed by atoms with van der Waals surface area (Å²) in [6.45, 7) is 1.60. The molecule has 1 aromatic carbocycles. The fourth-order valence-corrected chi connectivity index (χ4v) is 2.65. The topological polar surface area (TPSA) is 48.9 Å². The van der Waals surface area contributed by atoms with Crippen molar-refractivity contribution in [3.05, 3.63) is 24.3 Å². The molecule has 5 nitrogen and oxygen atoms in total. The highest BCUT2D eigenvalue weighted by molar-refractivity contribution is 5.80. The zero-order chi connectivity index (χ0) is 17.4. The van der Waals surface area contributed by atoms with Gasteiger partial charge in [0, 0.05) is 25.7 Å². The highest BCUT2D eigenvalue weighted by Gasteiger charge is 2.25. The van der Waals surface area contributed by atoms with E-state index in [1.165, 1.54) is 0 Å². The van der Waals surface area contributed by atoms with Gasteiger partial charge in [-0.1, -0.05) is 18.1 Å². The van der Waals surface area contributed by atoms with E-state index < -0.39 is 6.61 Å². The van der Waals surface area contributed by atoms with Gasteiger partial charge in [0.05, 0.1) is 5.69 Å². The summed E-state index contributed by atoms with van der Waals surface area (Å²) in [4.78, 5) is 6.29. The SMILES string of the molecule is C#CCN=C(NCC)NC1CCN(c2ccccc2OC(F)F)C1. The van der Waals surface area contributed by atoms with Crippen LogP contribution in [0, 0.1) is 12.3 Å². The first-order valence-corrected chi connectivity index (χ1v) is 7.91. The fraction of sp³-hybridized carbons (Fsp3) is 0.471. The summed E-state index contributed by atoms with van der Waals surface area (Å²) in [5.41, 5.74) is 0.674. The van der Waals surface area contributed by atoms with Gasteiger partial charge in [0.25, 0.3) is 0 Å². The third-order valence-electron chi connectivity index (χ3n) is 3.62. The van der Waals surface area contributed by atoms with Gasteiger partial charge >= 0.3 is 6.61 Å². The minimum Gasteiger partial charge on any atom is -0.433 e. The molecular weight excluding hydrogens is 314 g/mol. The average Bonchev–Trinajstić information content (AvgIpc) is 3.01. The number of para-hydroxylation sites is 2. The Morgan fingerprint density at radius 2 is 2.29 bits per heavy atom. The van der Waals surface area contributed by atoms with Gasteiger partial charge in [-0.2, -0.15) is 8.78 Å². The number of alkyl halides is 2. The van der Waals surface area contributed by atoms with Crippen molar-refractivity contribution in [2.45, 2.75) is 26.0 Å². The van der Waals surface area contributed by atoms with Crippen LogP contribution in [0.4, 0.5) is 14.5 Å². The lowest BCUT2D eigenvalue weighted by molar-refractivity contribution is -0.0495. The molecule has 1 aliphatic rings. The maximum Gasteiger partial charge on any atom is 0.387 e. The summed E-state index contributed by atoms with van der Waals surface area (Å²) in [7, 11) is 0. The van der Waals surface area contributed by atoms with Crippen molar-refractivity contribution in [2.75, 3.05) is 31.1 Å². The van der Waals surface area contributed by atoms with E-state index in [1.54, 1.807) is 18.2 Å². The van der Waals surface area contributed by atoms with Crippen molar-refractivity contribution in [1.29, 1.82) is 0 Å². The highest BCUT2D eigenvalue weighted by Crippen LogP contribution is 2.31. The van der Waals surface area contributed by atoms with Crippen molar-refractivity contribution in [1.82, 2.24) is 10.6 Å². The number of hydrogen-bond acceptors (Lipinski definition) is 3. The van der Waals surface area contributed by atoms with Crippen LogP contribution in [-0.2, 0) is 0 Å². The van der Waals surface area contributed by atoms with Crippen LogP contribution in [0.2, 0.25) is 0 Å². The Kier molecular flexibility index (Phi) is 6.67. The van der Waals surface area contributed by atoms with Gasteiger partial charge in [-0.05, 0) is 25.5 Å². The molecule has 1 atom stereocenters. The van der Waals surface area contributed by atoms with Gasteiger partial charge in [0.15, 0.2) is 5.96 Å². The van der Waals surface area contributed by atoms with E-state index in [0.29, 0.717) is 24.7 Å². The molecule has 0 bridgehead atoms. The molecule has 130 valence electrons. The fourth-order valence-electron chi connectivity index (χ4n) is 2.65.